The number of hydrogen-bond donors (Lipinski definition) is 1. The van der Waals surface area contributed by atoms with Crippen LogP contribution in [-0.2, 0) is 10.0 Å². The maximum absolute atomic E-state index is 14.2. The van der Waals surface area contributed by atoms with Crippen molar-refractivity contribution in [2.75, 3.05) is 13.1 Å². The molecule has 8 heteroatoms. The molecule has 0 aromatic heterocycles. The van der Waals surface area contributed by atoms with Crippen molar-refractivity contribution in [1.82, 2.24) is 4.31 Å². The Kier molecular flexibility index (Phi) is 4.50. The van der Waals surface area contributed by atoms with E-state index in [4.69, 9.17) is 5.11 Å². The number of carbonyl (C=O) groups is 1. The largest absolute Gasteiger partial charge is 0.478 e. The van der Waals surface area contributed by atoms with Crippen LogP contribution in [0.15, 0.2) is 33.2 Å². The summed E-state index contributed by atoms with van der Waals surface area (Å²) < 4.78 is 40.5. The van der Waals surface area contributed by atoms with Crippen LogP contribution in [0.4, 0.5) is 4.39 Å². The third kappa shape index (κ3) is 3.17. The zero-order valence-corrected chi connectivity index (χ0v) is 13.5. The van der Waals surface area contributed by atoms with Crippen molar-refractivity contribution in [3.63, 3.8) is 0 Å². The second-order valence-electron chi connectivity index (χ2n) is 4.73. The molecule has 2 rings (SSSR count). The molecule has 1 heterocycles. The van der Waals surface area contributed by atoms with Gasteiger partial charge in [-0.05, 0) is 25.5 Å². The summed E-state index contributed by atoms with van der Waals surface area (Å²) >= 11 is 3.02. The first kappa shape index (κ1) is 16.1. The highest BCUT2D eigenvalue weighted by Gasteiger charge is 2.31. The van der Waals surface area contributed by atoms with Crippen LogP contribution < -0.4 is 0 Å². The molecule has 0 unspecified atom stereocenters. The lowest BCUT2D eigenvalue weighted by molar-refractivity contribution is 0.0691. The second-order valence-corrected chi connectivity index (χ2v) is 7.56. The van der Waals surface area contributed by atoms with Crippen molar-refractivity contribution < 1.29 is 22.7 Å². The van der Waals surface area contributed by atoms with E-state index in [-0.39, 0.29) is 17.6 Å². The lowest BCUT2D eigenvalue weighted by Crippen LogP contribution is -2.35. The smallest absolute Gasteiger partial charge is 0.338 e. The molecule has 1 N–H and O–H groups in total. The minimum absolute atomic E-state index is 0.155. The normalized spacial score (nSPS) is 16.6. The Balaban J connectivity index is 2.53. The molecular formula is C13H13BrFNO4S. The highest BCUT2D eigenvalue weighted by Crippen LogP contribution is 2.28. The maximum Gasteiger partial charge on any atom is 0.338 e. The highest BCUT2D eigenvalue weighted by atomic mass is 79.9. The van der Waals surface area contributed by atoms with Crippen molar-refractivity contribution in [3.05, 3.63) is 39.6 Å². The molecule has 0 fully saturated rings. The van der Waals surface area contributed by atoms with Crippen molar-refractivity contribution in [3.8, 4) is 0 Å². The monoisotopic (exact) mass is 377 g/mol. The molecule has 1 aromatic carbocycles. The summed E-state index contributed by atoms with van der Waals surface area (Å²) in [6, 6.07) is 2.12. The van der Waals surface area contributed by atoms with Crippen LogP contribution in [0.3, 0.4) is 0 Å². The van der Waals surface area contributed by atoms with Gasteiger partial charge in [0.1, 0.15) is 4.90 Å². The Morgan fingerprint density at radius 3 is 2.62 bits per heavy atom. The summed E-state index contributed by atoms with van der Waals surface area (Å²) in [6.07, 6.45) is 2.33. The van der Waals surface area contributed by atoms with Gasteiger partial charge in [0.05, 0.1) is 5.56 Å². The molecule has 0 amide bonds. The molecule has 21 heavy (non-hydrogen) atoms. The Morgan fingerprint density at radius 2 is 2.10 bits per heavy atom. The third-order valence-electron chi connectivity index (χ3n) is 3.25. The summed E-state index contributed by atoms with van der Waals surface area (Å²) in [5, 5.41) is 8.95. The van der Waals surface area contributed by atoms with E-state index in [1.165, 1.54) is 0 Å². The number of aromatic carboxylic acids is 1. The Morgan fingerprint density at radius 1 is 1.43 bits per heavy atom. The Bertz CT molecular complexity index is 730. The van der Waals surface area contributed by atoms with E-state index in [1.807, 2.05) is 6.92 Å². The van der Waals surface area contributed by atoms with E-state index in [9.17, 15) is 17.6 Å². The summed E-state index contributed by atoms with van der Waals surface area (Å²) in [5.74, 6) is -2.75. The van der Waals surface area contributed by atoms with Crippen molar-refractivity contribution in [2.24, 2.45) is 0 Å². The Hall–Kier alpha value is -1.25. The van der Waals surface area contributed by atoms with Gasteiger partial charge in [-0.25, -0.2) is 17.6 Å². The van der Waals surface area contributed by atoms with E-state index >= 15 is 0 Å². The number of hydrogen-bond acceptors (Lipinski definition) is 3. The molecule has 1 aliphatic heterocycles. The fourth-order valence-electron chi connectivity index (χ4n) is 2.02. The molecule has 0 radical (unpaired) electrons. The predicted molar refractivity (Wildman–Crippen MR) is 78.2 cm³/mol. The second kappa shape index (κ2) is 5.86. The van der Waals surface area contributed by atoms with Crippen LogP contribution in [0.5, 0.6) is 0 Å². The fourth-order valence-corrected chi connectivity index (χ4v) is 4.12. The number of sulfonamides is 1. The number of benzene rings is 1. The average molecular weight is 378 g/mol. The zero-order valence-electron chi connectivity index (χ0n) is 11.1. The topological polar surface area (TPSA) is 74.7 Å². The standard InChI is InChI=1S/C13H13BrFNO4S/c1-8-2-4-16(5-3-8)21(19,20)11-7-9(14)6-10(12(11)15)13(17)18/h2,6-7H,3-5H2,1H3,(H,17,18). The lowest BCUT2D eigenvalue weighted by atomic mass is 10.1. The van der Waals surface area contributed by atoms with Crippen LogP contribution in [0.25, 0.3) is 0 Å². The van der Waals surface area contributed by atoms with Crippen LogP contribution in [-0.4, -0.2) is 36.9 Å². The fraction of sp³-hybridized carbons (Fsp3) is 0.308. The number of nitrogens with zero attached hydrogens (tertiary/aromatic N) is 1. The average Bonchev–Trinajstić information content (AvgIpc) is 2.41. The molecule has 0 spiro atoms. The van der Waals surface area contributed by atoms with Gasteiger partial charge in [0.2, 0.25) is 10.0 Å². The van der Waals surface area contributed by atoms with Crippen LogP contribution >= 0.6 is 15.9 Å². The summed E-state index contributed by atoms with van der Waals surface area (Å²) in [7, 11) is -4.07. The molecular weight excluding hydrogens is 365 g/mol. The molecule has 114 valence electrons. The van der Waals surface area contributed by atoms with Gasteiger partial charge in [0, 0.05) is 17.6 Å². The first-order valence-corrected chi connectivity index (χ1v) is 8.35. The van der Waals surface area contributed by atoms with Crippen molar-refractivity contribution in [1.29, 1.82) is 0 Å². The zero-order chi connectivity index (χ0) is 15.8. The molecule has 0 saturated heterocycles. The van der Waals surface area contributed by atoms with Gasteiger partial charge in [0.25, 0.3) is 0 Å². The minimum atomic E-state index is -4.07. The van der Waals surface area contributed by atoms with Gasteiger partial charge in [0.15, 0.2) is 5.82 Å². The van der Waals surface area contributed by atoms with Crippen LogP contribution in [0.2, 0.25) is 0 Å². The summed E-state index contributed by atoms with van der Waals surface area (Å²) in [6.45, 7) is 2.30. The number of carboxylic acids is 1. The van der Waals surface area contributed by atoms with E-state index in [0.29, 0.717) is 6.42 Å². The van der Waals surface area contributed by atoms with Gasteiger partial charge >= 0.3 is 5.97 Å². The number of halogens is 2. The van der Waals surface area contributed by atoms with Gasteiger partial charge in [-0.2, -0.15) is 4.31 Å². The van der Waals surface area contributed by atoms with Crippen molar-refractivity contribution >= 4 is 31.9 Å². The van der Waals surface area contributed by atoms with E-state index in [0.717, 1.165) is 22.0 Å². The third-order valence-corrected chi connectivity index (χ3v) is 5.57. The summed E-state index contributed by atoms with van der Waals surface area (Å²) in [5.41, 5.74) is 0.397. The van der Waals surface area contributed by atoms with Gasteiger partial charge in [-0.3, -0.25) is 0 Å². The van der Waals surface area contributed by atoms with E-state index in [1.54, 1.807) is 6.08 Å². The molecule has 0 aliphatic carbocycles. The maximum atomic E-state index is 14.2. The lowest BCUT2D eigenvalue weighted by Gasteiger charge is -2.25. The molecule has 1 aromatic rings. The molecule has 0 bridgehead atoms. The minimum Gasteiger partial charge on any atom is -0.478 e. The van der Waals surface area contributed by atoms with E-state index < -0.39 is 32.3 Å². The Labute approximate surface area is 130 Å². The van der Waals surface area contributed by atoms with Gasteiger partial charge in [-0.1, -0.05) is 27.6 Å². The highest BCUT2D eigenvalue weighted by molar-refractivity contribution is 9.10. The predicted octanol–water partition coefficient (Wildman–Crippen LogP) is 2.63. The van der Waals surface area contributed by atoms with Crippen LogP contribution in [0.1, 0.15) is 23.7 Å². The van der Waals surface area contributed by atoms with Crippen molar-refractivity contribution in [2.45, 2.75) is 18.2 Å². The quantitative estimate of drug-likeness (QED) is 0.821. The van der Waals surface area contributed by atoms with E-state index in [2.05, 4.69) is 15.9 Å². The van der Waals surface area contributed by atoms with Gasteiger partial charge < -0.3 is 5.11 Å². The molecule has 5 nitrogen and oxygen atoms in total. The number of rotatable bonds is 3. The SMILES string of the molecule is CC1=CCN(S(=O)(=O)c2cc(Br)cc(C(=O)O)c2F)CC1. The summed E-state index contributed by atoms with van der Waals surface area (Å²) in [4.78, 5) is 10.4. The first-order valence-electron chi connectivity index (χ1n) is 6.11. The van der Waals surface area contributed by atoms with Crippen LogP contribution in [0, 0.1) is 5.82 Å². The number of carboxylic acid groups (broad SMARTS) is 1. The van der Waals surface area contributed by atoms with Gasteiger partial charge in [-0.15, -0.1) is 0 Å². The molecule has 1 aliphatic rings. The molecule has 0 atom stereocenters. The molecule has 0 saturated carbocycles. The first-order chi connectivity index (χ1) is 9.73.